The molecule has 1 aromatic rings. The number of thioether (sulfide) groups is 1. The Morgan fingerprint density at radius 3 is 2.71 bits per heavy atom. The summed E-state index contributed by atoms with van der Waals surface area (Å²) in [5.74, 6) is 1.24. The van der Waals surface area contributed by atoms with Crippen LogP contribution in [0.2, 0.25) is 5.02 Å². The van der Waals surface area contributed by atoms with Gasteiger partial charge in [-0.15, -0.1) is 0 Å². The number of amides is 1. The number of hydrogen-bond acceptors (Lipinski definition) is 5. The summed E-state index contributed by atoms with van der Waals surface area (Å²) in [4.78, 5) is 15.1. The monoisotopic (exact) mass is 445 g/mol. The number of carbonyl (C=O) groups excluding carboxylic acids is 1. The largest absolute Gasteiger partial charge is 0.351 e. The number of nitrogens with one attached hydrogen (secondary N) is 1. The molecule has 28 heavy (non-hydrogen) atoms. The quantitative estimate of drug-likeness (QED) is 0.729. The maximum atomic E-state index is 12.9. The van der Waals surface area contributed by atoms with E-state index in [0.29, 0.717) is 25.7 Å². The summed E-state index contributed by atoms with van der Waals surface area (Å²) in [5, 5.41) is 3.15. The first-order chi connectivity index (χ1) is 13.4. The summed E-state index contributed by atoms with van der Waals surface area (Å²) in [5.41, 5.74) is 0.209. The highest BCUT2D eigenvalue weighted by Crippen LogP contribution is 2.25. The summed E-state index contributed by atoms with van der Waals surface area (Å²) in [7, 11) is -3.61. The SMILES string of the molecule is CC1CCCCN1CCNC(=O)c1cc(S(=O)(=O)N2CCSCC2)ccc1Cl. The molecule has 1 atom stereocenters. The standard InChI is InChI=1S/C19H28ClN3O3S2/c1-15-4-2-3-8-22(15)9-7-21-19(24)17-14-16(5-6-18(17)20)28(25,26)23-10-12-27-13-11-23/h5-6,14-15H,2-4,7-13H2,1H3,(H,21,24). The molecule has 0 bridgehead atoms. The van der Waals surface area contributed by atoms with Crippen molar-refractivity contribution in [1.29, 1.82) is 0 Å². The van der Waals surface area contributed by atoms with Gasteiger partial charge >= 0.3 is 0 Å². The smallest absolute Gasteiger partial charge is 0.252 e. The van der Waals surface area contributed by atoms with E-state index >= 15 is 0 Å². The molecule has 2 aliphatic rings. The van der Waals surface area contributed by atoms with E-state index in [2.05, 4.69) is 17.1 Å². The van der Waals surface area contributed by atoms with Crippen molar-refractivity contribution in [2.45, 2.75) is 37.1 Å². The van der Waals surface area contributed by atoms with Crippen LogP contribution in [0, 0.1) is 0 Å². The molecule has 0 aliphatic carbocycles. The molecule has 2 aliphatic heterocycles. The molecule has 1 unspecified atom stereocenters. The zero-order chi connectivity index (χ0) is 20.1. The second-order valence-electron chi connectivity index (χ2n) is 7.29. The van der Waals surface area contributed by atoms with Crippen LogP contribution in [-0.2, 0) is 10.0 Å². The lowest BCUT2D eigenvalue weighted by Crippen LogP contribution is -2.42. The van der Waals surface area contributed by atoms with E-state index in [1.54, 1.807) is 11.8 Å². The zero-order valence-corrected chi connectivity index (χ0v) is 18.6. The van der Waals surface area contributed by atoms with Gasteiger partial charge in [-0.1, -0.05) is 18.0 Å². The Bertz CT molecular complexity index is 798. The minimum atomic E-state index is -3.61. The molecule has 1 N–H and O–H groups in total. The Morgan fingerprint density at radius 2 is 2.00 bits per heavy atom. The lowest BCUT2D eigenvalue weighted by atomic mass is 10.0. The predicted molar refractivity (Wildman–Crippen MR) is 115 cm³/mol. The third-order valence-corrected chi connectivity index (χ3v) is 8.58. The van der Waals surface area contributed by atoms with Gasteiger partial charge in [0.25, 0.3) is 5.91 Å². The summed E-state index contributed by atoms with van der Waals surface area (Å²) in [6.07, 6.45) is 3.64. The molecule has 0 saturated carbocycles. The van der Waals surface area contributed by atoms with Gasteiger partial charge < -0.3 is 5.32 Å². The van der Waals surface area contributed by atoms with Gasteiger partial charge in [0.1, 0.15) is 0 Å². The third kappa shape index (κ3) is 5.21. The molecule has 2 saturated heterocycles. The summed E-state index contributed by atoms with van der Waals surface area (Å²) < 4.78 is 27.2. The van der Waals surface area contributed by atoms with Crippen LogP contribution in [0.25, 0.3) is 0 Å². The van der Waals surface area contributed by atoms with Gasteiger partial charge in [0.15, 0.2) is 0 Å². The van der Waals surface area contributed by atoms with Crippen molar-refractivity contribution in [1.82, 2.24) is 14.5 Å². The normalized spacial score (nSPS) is 22.1. The average Bonchev–Trinajstić information content (AvgIpc) is 2.70. The van der Waals surface area contributed by atoms with Gasteiger partial charge in [-0.3, -0.25) is 9.69 Å². The van der Waals surface area contributed by atoms with Crippen molar-refractivity contribution in [2.75, 3.05) is 44.2 Å². The number of piperidine rings is 1. The van der Waals surface area contributed by atoms with Crippen LogP contribution < -0.4 is 5.32 Å². The van der Waals surface area contributed by atoms with E-state index in [4.69, 9.17) is 11.6 Å². The molecule has 1 amide bonds. The van der Waals surface area contributed by atoms with Gasteiger partial charge in [-0.2, -0.15) is 16.1 Å². The first kappa shape index (κ1) is 21.9. The first-order valence-electron chi connectivity index (χ1n) is 9.79. The molecular formula is C19H28ClN3O3S2. The molecule has 2 heterocycles. The van der Waals surface area contributed by atoms with Crippen LogP contribution in [0.15, 0.2) is 23.1 Å². The van der Waals surface area contributed by atoms with E-state index in [1.807, 2.05) is 0 Å². The van der Waals surface area contributed by atoms with Crippen LogP contribution in [0.4, 0.5) is 0 Å². The van der Waals surface area contributed by atoms with E-state index in [-0.39, 0.29) is 21.4 Å². The predicted octanol–water partition coefficient (Wildman–Crippen LogP) is 2.68. The van der Waals surface area contributed by atoms with Crippen LogP contribution in [0.1, 0.15) is 36.5 Å². The Hall–Kier alpha value is -0.800. The van der Waals surface area contributed by atoms with Crippen molar-refractivity contribution >= 4 is 39.3 Å². The number of halogens is 1. The minimum Gasteiger partial charge on any atom is -0.351 e. The van der Waals surface area contributed by atoms with Crippen molar-refractivity contribution in [3.8, 4) is 0 Å². The van der Waals surface area contributed by atoms with Crippen molar-refractivity contribution in [3.63, 3.8) is 0 Å². The molecule has 2 fully saturated rings. The fraction of sp³-hybridized carbons (Fsp3) is 0.632. The Balaban J connectivity index is 1.66. The minimum absolute atomic E-state index is 0.124. The second kappa shape index (κ2) is 9.80. The van der Waals surface area contributed by atoms with Crippen LogP contribution in [-0.4, -0.2) is 73.8 Å². The molecule has 0 spiro atoms. The van der Waals surface area contributed by atoms with Crippen molar-refractivity contribution in [2.24, 2.45) is 0 Å². The van der Waals surface area contributed by atoms with Crippen molar-refractivity contribution in [3.05, 3.63) is 28.8 Å². The Labute approximate surface area is 177 Å². The lowest BCUT2D eigenvalue weighted by molar-refractivity contribution is 0.0938. The molecule has 0 aromatic heterocycles. The number of likely N-dealkylation sites (tertiary alicyclic amines) is 1. The lowest BCUT2D eigenvalue weighted by Gasteiger charge is -2.33. The van der Waals surface area contributed by atoms with Gasteiger partial charge in [-0.05, 0) is 44.5 Å². The van der Waals surface area contributed by atoms with E-state index in [9.17, 15) is 13.2 Å². The maximum Gasteiger partial charge on any atom is 0.252 e. The van der Waals surface area contributed by atoms with Crippen molar-refractivity contribution < 1.29 is 13.2 Å². The first-order valence-corrected chi connectivity index (χ1v) is 12.8. The fourth-order valence-electron chi connectivity index (χ4n) is 3.67. The number of hydrogen-bond donors (Lipinski definition) is 1. The summed E-state index contributed by atoms with van der Waals surface area (Å²) >= 11 is 7.94. The van der Waals surface area contributed by atoms with Crippen LogP contribution in [0.5, 0.6) is 0 Å². The maximum absolute atomic E-state index is 12.9. The molecule has 156 valence electrons. The highest BCUT2D eigenvalue weighted by atomic mass is 35.5. The van der Waals surface area contributed by atoms with Gasteiger partial charge in [-0.25, -0.2) is 8.42 Å². The molecule has 9 heteroatoms. The summed E-state index contributed by atoms with van der Waals surface area (Å²) in [6.45, 7) is 5.55. The topological polar surface area (TPSA) is 69.7 Å². The molecule has 3 rings (SSSR count). The van der Waals surface area contributed by atoms with E-state index in [0.717, 1.165) is 24.6 Å². The van der Waals surface area contributed by atoms with Crippen LogP contribution >= 0.6 is 23.4 Å². The fourth-order valence-corrected chi connectivity index (χ4v) is 6.48. The van der Waals surface area contributed by atoms with Crippen LogP contribution in [0.3, 0.4) is 0 Å². The third-order valence-electron chi connectivity index (χ3n) is 5.42. The molecule has 1 aromatic carbocycles. The molecule has 0 radical (unpaired) electrons. The summed E-state index contributed by atoms with van der Waals surface area (Å²) in [6, 6.07) is 4.91. The van der Waals surface area contributed by atoms with Gasteiger partial charge in [0, 0.05) is 43.7 Å². The molecule has 6 nitrogen and oxygen atoms in total. The number of sulfonamides is 1. The number of carbonyl (C=O) groups is 1. The molecular weight excluding hydrogens is 418 g/mol. The van der Waals surface area contributed by atoms with E-state index in [1.165, 1.54) is 41.8 Å². The van der Waals surface area contributed by atoms with E-state index < -0.39 is 10.0 Å². The Morgan fingerprint density at radius 1 is 1.25 bits per heavy atom. The van der Waals surface area contributed by atoms with Gasteiger partial charge in [0.2, 0.25) is 10.0 Å². The second-order valence-corrected chi connectivity index (χ2v) is 10.9. The Kier molecular flexibility index (Phi) is 7.67. The highest BCUT2D eigenvalue weighted by Gasteiger charge is 2.27. The number of benzene rings is 1. The highest BCUT2D eigenvalue weighted by molar-refractivity contribution is 7.99. The number of nitrogens with zero attached hydrogens (tertiary/aromatic N) is 2. The average molecular weight is 446 g/mol. The number of rotatable bonds is 6. The van der Waals surface area contributed by atoms with Gasteiger partial charge in [0.05, 0.1) is 15.5 Å². The zero-order valence-electron chi connectivity index (χ0n) is 16.2.